The monoisotopic (exact) mass is 438 g/mol. The summed E-state index contributed by atoms with van der Waals surface area (Å²) >= 11 is 3.49. The summed E-state index contributed by atoms with van der Waals surface area (Å²) in [4.78, 5) is 4.57. The van der Waals surface area contributed by atoms with E-state index in [2.05, 4.69) is 55.8 Å². The fourth-order valence-corrected chi connectivity index (χ4v) is 3.99. The summed E-state index contributed by atoms with van der Waals surface area (Å²) in [6.45, 7) is 2.02. The van der Waals surface area contributed by atoms with Gasteiger partial charge in [0, 0.05) is 28.0 Å². The number of aryl methyl sites for hydroxylation is 1. The summed E-state index contributed by atoms with van der Waals surface area (Å²) in [5.74, 6) is 0.603. The van der Waals surface area contributed by atoms with Crippen molar-refractivity contribution in [3.63, 3.8) is 0 Å². The molecule has 5 nitrogen and oxygen atoms in total. The van der Waals surface area contributed by atoms with E-state index in [1.54, 1.807) is 12.1 Å². The highest BCUT2D eigenvalue weighted by atomic mass is 79.9. The standard InChI is InChI=1S/C22H23BrN4O/c1-13-6-7-16(23)10-19(13)26-21-12-17(24)11-20(27-21)22(28)25-18-8-14-4-2-3-5-15(14)9-18/h2-7,10-12,18,22,25,28H,8-9H2,1H3,(H3,24,26,27). The van der Waals surface area contributed by atoms with Gasteiger partial charge in [0.15, 0.2) is 0 Å². The van der Waals surface area contributed by atoms with E-state index in [0.717, 1.165) is 28.6 Å². The number of aliphatic hydroxyl groups is 1. The number of nitrogens with zero attached hydrogens (tertiary/aromatic N) is 1. The zero-order valence-electron chi connectivity index (χ0n) is 15.6. The molecule has 1 heterocycles. The molecule has 3 aromatic rings. The second-order valence-electron chi connectivity index (χ2n) is 7.24. The largest absolute Gasteiger partial charge is 0.399 e. The Hall–Kier alpha value is -2.41. The third-order valence-electron chi connectivity index (χ3n) is 5.05. The van der Waals surface area contributed by atoms with Crippen LogP contribution in [0.4, 0.5) is 17.2 Å². The van der Waals surface area contributed by atoms with Gasteiger partial charge in [-0.15, -0.1) is 0 Å². The Labute approximate surface area is 173 Å². The first kappa shape index (κ1) is 18.9. The SMILES string of the molecule is Cc1ccc(Br)cc1Nc1cc(N)cc(C(O)NC2Cc3ccccc3C2)n1. The Morgan fingerprint density at radius 2 is 1.82 bits per heavy atom. The fourth-order valence-electron chi connectivity index (χ4n) is 3.63. The molecule has 1 aliphatic carbocycles. The van der Waals surface area contributed by atoms with Crippen LogP contribution in [0.5, 0.6) is 0 Å². The Bertz CT molecular complexity index is 983. The van der Waals surface area contributed by atoms with Crippen LogP contribution in [0.25, 0.3) is 0 Å². The Kier molecular flexibility index (Phi) is 5.35. The second kappa shape index (κ2) is 7.91. The van der Waals surface area contributed by atoms with Crippen LogP contribution in [-0.4, -0.2) is 16.1 Å². The number of nitrogens with two attached hydrogens (primary N) is 1. The van der Waals surface area contributed by atoms with Crippen LogP contribution in [0, 0.1) is 6.92 Å². The third kappa shape index (κ3) is 4.19. The van der Waals surface area contributed by atoms with Crippen LogP contribution >= 0.6 is 15.9 Å². The summed E-state index contributed by atoms with van der Waals surface area (Å²) in [5, 5.41) is 17.3. The van der Waals surface area contributed by atoms with E-state index in [1.807, 2.05) is 25.1 Å². The number of anilines is 3. The van der Waals surface area contributed by atoms with Gasteiger partial charge in [-0.3, -0.25) is 5.32 Å². The van der Waals surface area contributed by atoms with E-state index in [0.29, 0.717) is 17.2 Å². The molecule has 0 fully saturated rings. The number of rotatable bonds is 5. The fraction of sp³-hybridized carbons (Fsp3) is 0.227. The lowest BCUT2D eigenvalue weighted by Gasteiger charge is -2.19. The normalized spacial score (nSPS) is 14.7. The van der Waals surface area contributed by atoms with Gasteiger partial charge in [-0.25, -0.2) is 4.98 Å². The number of aromatic nitrogens is 1. The maximum atomic E-state index is 10.7. The van der Waals surface area contributed by atoms with Gasteiger partial charge >= 0.3 is 0 Å². The molecule has 1 aliphatic rings. The van der Waals surface area contributed by atoms with Gasteiger partial charge in [-0.2, -0.15) is 0 Å². The molecule has 0 saturated carbocycles. The first-order valence-electron chi connectivity index (χ1n) is 9.29. The number of pyridine rings is 1. The van der Waals surface area contributed by atoms with Crippen molar-refractivity contribution in [2.45, 2.75) is 32.0 Å². The Morgan fingerprint density at radius 1 is 1.11 bits per heavy atom. The summed E-state index contributed by atoms with van der Waals surface area (Å²) in [6.07, 6.45) is 0.919. The average molecular weight is 439 g/mol. The van der Waals surface area contributed by atoms with Gasteiger partial charge in [0.05, 0.1) is 5.69 Å². The van der Waals surface area contributed by atoms with Crippen molar-refractivity contribution in [2.24, 2.45) is 0 Å². The highest BCUT2D eigenvalue weighted by Gasteiger charge is 2.24. The van der Waals surface area contributed by atoms with Crippen LogP contribution in [-0.2, 0) is 12.8 Å². The van der Waals surface area contributed by atoms with Crippen LogP contribution in [0.1, 0.15) is 28.6 Å². The predicted octanol–water partition coefficient (Wildman–Crippen LogP) is 4.23. The van der Waals surface area contributed by atoms with E-state index in [4.69, 9.17) is 5.73 Å². The van der Waals surface area contributed by atoms with E-state index in [1.165, 1.54) is 11.1 Å². The molecule has 28 heavy (non-hydrogen) atoms. The minimum atomic E-state index is -0.882. The number of fused-ring (bicyclic) bond motifs is 1. The number of aliphatic hydroxyl groups excluding tert-OH is 1. The Balaban J connectivity index is 1.50. The summed E-state index contributed by atoms with van der Waals surface area (Å²) in [7, 11) is 0. The maximum absolute atomic E-state index is 10.7. The average Bonchev–Trinajstić information content (AvgIpc) is 3.06. The number of halogens is 1. The molecule has 0 spiro atoms. The van der Waals surface area contributed by atoms with Gasteiger partial charge in [0.2, 0.25) is 0 Å². The molecule has 6 heteroatoms. The van der Waals surface area contributed by atoms with Gasteiger partial charge in [0.25, 0.3) is 0 Å². The summed E-state index contributed by atoms with van der Waals surface area (Å²) < 4.78 is 0.979. The van der Waals surface area contributed by atoms with E-state index in [-0.39, 0.29) is 6.04 Å². The van der Waals surface area contributed by atoms with Gasteiger partial charge in [-0.1, -0.05) is 46.3 Å². The van der Waals surface area contributed by atoms with Crippen molar-refractivity contribution in [3.8, 4) is 0 Å². The second-order valence-corrected chi connectivity index (χ2v) is 8.15. The first-order valence-corrected chi connectivity index (χ1v) is 10.1. The molecular weight excluding hydrogens is 416 g/mol. The number of hydrogen-bond acceptors (Lipinski definition) is 5. The summed E-state index contributed by atoms with van der Waals surface area (Å²) in [5.41, 5.74) is 11.8. The van der Waals surface area contributed by atoms with Crippen molar-refractivity contribution >= 4 is 33.1 Å². The molecule has 0 aliphatic heterocycles. The Morgan fingerprint density at radius 3 is 2.54 bits per heavy atom. The van der Waals surface area contributed by atoms with Crippen molar-refractivity contribution in [1.82, 2.24) is 10.3 Å². The molecule has 0 bridgehead atoms. The highest BCUT2D eigenvalue weighted by Crippen LogP contribution is 2.27. The lowest BCUT2D eigenvalue weighted by Crippen LogP contribution is -2.33. The lowest BCUT2D eigenvalue weighted by molar-refractivity contribution is 0.120. The molecule has 5 N–H and O–H groups in total. The smallest absolute Gasteiger partial charge is 0.148 e. The molecule has 2 aromatic carbocycles. The topological polar surface area (TPSA) is 83.2 Å². The molecule has 1 atom stereocenters. The maximum Gasteiger partial charge on any atom is 0.148 e. The van der Waals surface area contributed by atoms with Gasteiger partial charge in [-0.05, 0) is 54.7 Å². The van der Waals surface area contributed by atoms with Crippen molar-refractivity contribution in [1.29, 1.82) is 0 Å². The summed E-state index contributed by atoms with van der Waals surface area (Å²) in [6, 6.07) is 18.1. The third-order valence-corrected chi connectivity index (χ3v) is 5.55. The van der Waals surface area contributed by atoms with Gasteiger partial charge in [0.1, 0.15) is 12.0 Å². The molecular formula is C22H23BrN4O. The number of hydrogen-bond donors (Lipinski definition) is 4. The lowest BCUT2D eigenvalue weighted by atomic mass is 10.1. The van der Waals surface area contributed by atoms with Crippen LogP contribution < -0.4 is 16.4 Å². The van der Waals surface area contributed by atoms with Gasteiger partial charge < -0.3 is 16.2 Å². The molecule has 1 unspecified atom stereocenters. The van der Waals surface area contributed by atoms with Crippen LogP contribution in [0.15, 0.2) is 59.1 Å². The van der Waals surface area contributed by atoms with E-state index in [9.17, 15) is 5.11 Å². The molecule has 0 radical (unpaired) electrons. The highest BCUT2D eigenvalue weighted by molar-refractivity contribution is 9.10. The predicted molar refractivity (Wildman–Crippen MR) is 117 cm³/mol. The molecule has 4 rings (SSSR count). The first-order chi connectivity index (χ1) is 13.5. The van der Waals surface area contributed by atoms with E-state index >= 15 is 0 Å². The molecule has 0 saturated heterocycles. The minimum absolute atomic E-state index is 0.180. The number of nitrogens with one attached hydrogen (secondary N) is 2. The number of benzene rings is 2. The van der Waals surface area contributed by atoms with Crippen LogP contribution in [0.2, 0.25) is 0 Å². The zero-order chi connectivity index (χ0) is 19.7. The van der Waals surface area contributed by atoms with Crippen molar-refractivity contribution in [2.75, 3.05) is 11.1 Å². The zero-order valence-corrected chi connectivity index (χ0v) is 17.2. The minimum Gasteiger partial charge on any atom is -0.399 e. The van der Waals surface area contributed by atoms with Crippen LogP contribution in [0.3, 0.4) is 0 Å². The molecule has 144 valence electrons. The molecule has 0 amide bonds. The quantitative estimate of drug-likeness (QED) is 0.448. The van der Waals surface area contributed by atoms with Crippen molar-refractivity contribution < 1.29 is 5.11 Å². The van der Waals surface area contributed by atoms with E-state index < -0.39 is 6.23 Å². The molecule has 1 aromatic heterocycles. The number of nitrogen functional groups attached to an aromatic ring is 1. The van der Waals surface area contributed by atoms with Crippen molar-refractivity contribution in [3.05, 3.63) is 81.5 Å².